The third-order valence-corrected chi connectivity index (χ3v) is 4.25. The summed E-state index contributed by atoms with van der Waals surface area (Å²) in [5, 5.41) is 0.627. The van der Waals surface area contributed by atoms with Gasteiger partial charge in [0.1, 0.15) is 0 Å². The Morgan fingerprint density at radius 3 is 2.57 bits per heavy atom. The number of benzene rings is 2. The van der Waals surface area contributed by atoms with Crippen LogP contribution < -0.4 is 4.90 Å². The van der Waals surface area contributed by atoms with Gasteiger partial charge < -0.3 is 4.90 Å². The summed E-state index contributed by atoms with van der Waals surface area (Å²) in [6.45, 7) is 0.143. The van der Waals surface area contributed by atoms with Crippen molar-refractivity contribution in [2.45, 2.75) is 6.04 Å². The minimum absolute atomic E-state index is 0.0491. The SMILES string of the molecule is CN1C(=O)CN(Cl)C(c2ccccc2)c2cc(Cl)ccc21. The van der Waals surface area contributed by atoms with E-state index >= 15 is 0 Å². The largest absolute Gasteiger partial charge is 0.314 e. The Kier molecular flexibility index (Phi) is 3.89. The monoisotopic (exact) mass is 320 g/mol. The molecular weight excluding hydrogens is 307 g/mol. The van der Waals surface area contributed by atoms with Gasteiger partial charge in [-0.1, -0.05) is 41.9 Å². The van der Waals surface area contributed by atoms with Gasteiger partial charge in [-0.25, -0.2) is 0 Å². The van der Waals surface area contributed by atoms with Crippen LogP contribution in [0.25, 0.3) is 0 Å². The van der Waals surface area contributed by atoms with Gasteiger partial charge in [0.15, 0.2) is 0 Å². The van der Waals surface area contributed by atoms with E-state index in [1.165, 1.54) is 4.42 Å². The maximum atomic E-state index is 12.2. The zero-order chi connectivity index (χ0) is 15.0. The lowest BCUT2D eigenvalue weighted by molar-refractivity contribution is -0.118. The predicted molar refractivity (Wildman–Crippen MR) is 85.7 cm³/mol. The molecule has 1 amide bonds. The van der Waals surface area contributed by atoms with Crippen LogP contribution >= 0.6 is 23.4 Å². The maximum Gasteiger partial charge on any atom is 0.242 e. The van der Waals surface area contributed by atoms with Gasteiger partial charge in [0.2, 0.25) is 5.91 Å². The fourth-order valence-electron chi connectivity index (χ4n) is 2.64. The van der Waals surface area contributed by atoms with Gasteiger partial charge in [-0.2, -0.15) is 4.42 Å². The van der Waals surface area contributed by atoms with Gasteiger partial charge in [0.25, 0.3) is 0 Å². The topological polar surface area (TPSA) is 23.6 Å². The molecule has 0 fully saturated rings. The van der Waals surface area contributed by atoms with Crippen molar-refractivity contribution in [3.8, 4) is 0 Å². The molecule has 0 aromatic heterocycles. The van der Waals surface area contributed by atoms with Crippen LogP contribution in [0.15, 0.2) is 48.5 Å². The highest BCUT2D eigenvalue weighted by Crippen LogP contribution is 2.39. The van der Waals surface area contributed by atoms with Gasteiger partial charge >= 0.3 is 0 Å². The van der Waals surface area contributed by atoms with Crippen molar-refractivity contribution in [3.63, 3.8) is 0 Å². The summed E-state index contributed by atoms with van der Waals surface area (Å²) in [5.74, 6) is -0.0491. The molecule has 1 unspecified atom stereocenters. The van der Waals surface area contributed by atoms with Crippen molar-refractivity contribution in [2.24, 2.45) is 0 Å². The first-order valence-electron chi connectivity index (χ1n) is 6.61. The van der Waals surface area contributed by atoms with Crippen molar-refractivity contribution < 1.29 is 4.79 Å². The zero-order valence-electron chi connectivity index (χ0n) is 11.5. The Hall–Kier alpha value is -1.55. The summed E-state index contributed by atoms with van der Waals surface area (Å²) >= 11 is 12.6. The Labute approximate surface area is 133 Å². The molecule has 0 saturated carbocycles. The Morgan fingerprint density at radius 2 is 1.86 bits per heavy atom. The molecule has 3 nitrogen and oxygen atoms in total. The van der Waals surface area contributed by atoms with Crippen LogP contribution in [0, 0.1) is 0 Å². The molecular formula is C16H14Cl2N2O. The number of amides is 1. The lowest BCUT2D eigenvalue weighted by atomic mass is 9.97. The molecule has 0 bridgehead atoms. The van der Waals surface area contributed by atoms with Crippen LogP contribution in [0.4, 0.5) is 5.69 Å². The van der Waals surface area contributed by atoms with E-state index in [-0.39, 0.29) is 18.5 Å². The maximum absolute atomic E-state index is 12.2. The van der Waals surface area contributed by atoms with E-state index in [0.29, 0.717) is 5.02 Å². The van der Waals surface area contributed by atoms with Crippen molar-refractivity contribution in [3.05, 3.63) is 64.7 Å². The Balaban J connectivity index is 2.21. The van der Waals surface area contributed by atoms with Crippen LogP contribution in [0.2, 0.25) is 5.02 Å². The van der Waals surface area contributed by atoms with Crippen molar-refractivity contribution in [1.29, 1.82) is 0 Å². The lowest BCUT2D eigenvalue weighted by Gasteiger charge is -2.24. The highest BCUT2D eigenvalue weighted by molar-refractivity contribution is 6.30. The molecule has 1 aliphatic rings. The number of carbonyl (C=O) groups is 1. The number of fused-ring (bicyclic) bond motifs is 1. The minimum Gasteiger partial charge on any atom is -0.314 e. The first kappa shape index (κ1) is 14.4. The van der Waals surface area contributed by atoms with Gasteiger partial charge in [0, 0.05) is 23.3 Å². The minimum atomic E-state index is -0.213. The molecule has 2 aromatic carbocycles. The molecule has 1 aliphatic heterocycles. The van der Waals surface area contributed by atoms with E-state index in [1.807, 2.05) is 42.5 Å². The van der Waals surface area contributed by atoms with Crippen LogP contribution in [-0.4, -0.2) is 23.9 Å². The summed E-state index contributed by atoms with van der Waals surface area (Å²) in [5.41, 5.74) is 2.79. The first-order chi connectivity index (χ1) is 10.1. The van der Waals surface area contributed by atoms with E-state index in [4.69, 9.17) is 23.4 Å². The first-order valence-corrected chi connectivity index (χ1v) is 7.33. The summed E-state index contributed by atoms with van der Waals surface area (Å²) in [6.07, 6.45) is 0. The summed E-state index contributed by atoms with van der Waals surface area (Å²) < 4.78 is 1.54. The van der Waals surface area contributed by atoms with E-state index < -0.39 is 0 Å². The molecule has 2 aromatic rings. The third-order valence-electron chi connectivity index (χ3n) is 3.70. The van der Waals surface area contributed by atoms with Crippen molar-refractivity contribution >= 4 is 35.0 Å². The fraction of sp³-hybridized carbons (Fsp3) is 0.188. The van der Waals surface area contributed by atoms with Crippen LogP contribution in [0.5, 0.6) is 0 Å². The van der Waals surface area contributed by atoms with Crippen LogP contribution in [0.3, 0.4) is 0 Å². The molecule has 0 saturated heterocycles. The normalized spacial score (nSPS) is 19.3. The van der Waals surface area contributed by atoms with E-state index in [2.05, 4.69) is 0 Å². The average molecular weight is 321 g/mol. The van der Waals surface area contributed by atoms with E-state index in [0.717, 1.165) is 16.8 Å². The zero-order valence-corrected chi connectivity index (χ0v) is 13.0. The van der Waals surface area contributed by atoms with Gasteiger partial charge in [-0.05, 0) is 35.5 Å². The number of rotatable bonds is 1. The van der Waals surface area contributed by atoms with Crippen molar-refractivity contribution in [1.82, 2.24) is 4.42 Å². The van der Waals surface area contributed by atoms with Crippen molar-refractivity contribution in [2.75, 3.05) is 18.5 Å². The molecule has 1 heterocycles. The smallest absolute Gasteiger partial charge is 0.242 e. The third kappa shape index (κ3) is 2.64. The number of hydrogen-bond donors (Lipinski definition) is 0. The number of carbonyl (C=O) groups excluding carboxylic acids is 1. The molecule has 0 N–H and O–H groups in total. The molecule has 1 atom stereocenters. The quantitative estimate of drug-likeness (QED) is 0.745. The van der Waals surface area contributed by atoms with E-state index in [9.17, 15) is 4.79 Å². The summed E-state index contributed by atoms with van der Waals surface area (Å²) in [7, 11) is 1.76. The lowest BCUT2D eigenvalue weighted by Crippen LogP contribution is -2.32. The molecule has 0 aliphatic carbocycles. The summed E-state index contributed by atoms with van der Waals surface area (Å²) in [4.78, 5) is 13.8. The van der Waals surface area contributed by atoms with Gasteiger partial charge in [-0.15, -0.1) is 0 Å². The standard InChI is InChI=1S/C16H14Cl2N2O/c1-19-14-8-7-12(17)9-13(14)16(20(18)10-15(19)21)11-5-3-2-4-6-11/h2-9,16H,10H2,1H3. The number of anilines is 1. The summed E-state index contributed by atoms with van der Waals surface area (Å²) in [6, 6.07) is 15.2. The van der Waals surface area contributed by atoms with Crippen LogP contribution in [-0.2, 0) is 4.79 Å². The van der Waals surface area contributed by atoms with Gasteiger partial charge in [0.05, 0.1) is 12.6 Å². The number of hydrogen-bond acceptors (Lipinski definition) is 2. The second-order valence-electron chi connectivity index (χ2n) is 5.03. The second-order valence-corrected chi connectivity index (χ2v) is 5.90. The van der Waals surface area contributed by atoms with E-state index in [1.54, 1.807) is 18.0 Å². The molecule has 0 spiro atoms. The predicted octanol–water partition coefficient (Wildman–Crippen LogP) is 3.86. The Morgan fingerprint density at radius 1 is 1.14 bits per heavy atom. The molecule has 3 rings (SSSR count). The fourth-order valence-corrected chi connectivity index (χ4v) is 3.14. The highest BCUT2D eigenvalue weighted by Gasteiger charge is 2.32. The second kappa shape index (κ2) is 5.68. The molecule has 0 radical (unpaired) electrons. The number of nitrogens with zero attached hydrogens (tertiary/aromatic N) is 2. The highest BCUT2D eigenvalue weighted by atomic mass is 35.5. The molecule has 5 heteroatoms. The number of halogens is 2. The van der Waals surface area contributed by atoms with Gasteiger partial charge in [-0.3, -0.25) is 4.79 Å². The Bertz CT molecular complexity index is 675. The average Bonchev–Trinajstić information content (AvgIpc) is 2.56. The molecule has 21 heavy (non-hydrogen) atoms. The number of likely N-dealkylation sites (N-methyl/N-ethyl adjacent to an activating group) is 1. The molecule has 108 valence electrons. The van der Waals surface area contributed by atoms with Crippen LogP contribution in [0.1, 0.15) is 17.2 Å².